The van der Waals surface area contributed by atoms with E-state index in [1.54, 1.807) is 22.7 Å². The predicted molar refractivity (Wildman–Crippen MR) is 136 cm³/mol. The van der Waals surface area contributed by atoms with Gasteiger partial charge >= 0.3 is 0 Å². The molecule has 33 heavy (non-hydrogen) atoms. The lowest BCUT2D eigenvalue weighted by atomic mass is 9.96. The minimum Gasteiger partial charge on any atom is -0.316 e. The van der Waals surface area contributed by atoms with Gasteiger partial charge in [0.2, 0.25) is 5.91 Å². The smallest absolute Gasteiger partial charge is 0.235 e. The molecule has 0 unspecified atom stereocenters. The highest BCUT2D eigenvalue weighted by Gasteiger charge is 2.22. The number of nitrogens with one attached hydrogen (secondary N) is 1. The molecule has 0 saturated heterocycles. The fourth-order valence-electron chi connectivity index (χ4n) is 4.24. The molecule has 3 heterocycles. The van der Waals surface area contributed by atoms with Crippen molar-refractivity contribution in [1.82, 2.24) is 14.8 Å². The minimum atomic E-state index is -0.122. The van der Waals surface area contributed by atoms with Gasteiger partial charge in [0.1, 0.15) is 11.1 Å². The van der Waals surface area contributed by atoms with Gasteiger partial charge in [-0.25, -0.2) is 0 Å². The first-order chi connectivity index (χ1) is 16.2. The number of hydrogen-bond donors (Lipinski definition) is 1. The van der Waals surface area contributed by atoms with Gasteiger partial charge in [0.15, 0.2) is 11.0 Å². The highest BCUT2D eigenvalue weighted by Crippen LogP contribution is 2.38. The number of fused-ring (bicyclic) bond motifs is 2. The number of carbonyl (C=O) groups excluding carboxylic acids is 1. The molecule has 4 aromatic rings. The van der Waals surface area contributed by atoms with Gasteiger partial charge in [-0.15, -0.1) is 32.9 Å². The van der Waals surface area contributed by atoms with Gasteiger partial charge in [-0.1, -0.05) is 36.9 Å². The zero-order valence-electron chi connectivity index (χ0n) is 18.3. The summed E-state index contributed by atoms with van der Waals surface area (Å²) in [5, 5.41) is 26.2. The first-order valence-electron chi connectivity index (χ1n) is 11.1. The highest BCUT2D eigenvalue weighted by molar-refractivity contribution is 7.99. The van der Waals surface area contributed by atoms with Crippen molar-refractivity contribution in [2.24, 2.45) is 0 Å². The molecule has 1 N–H and O–H groups in total. The van der Waals surface area contributed by atoms with Crippen LogP contribution in [0.5, 0.6) is 0 Å². The predicted octanol–water partition coefficient (Wildman–Crippen LogP) is 6.11. The van der Waals surface area contributed by atoms with Crippen molar-refractivity contribution in [2.75, 3.05) is 11.1 Å². The second-order valence-electron chi connectivity index (χ2n) is 7.97. The van der Waals surface area contributed by atoms with Gasteiger partial charge in [-0.05, 0) is 43.7 Å². The number of anilines is 1. The molecule has 5 rings (SSSR count). The van der Waals surface area contributed by atoms with Gasteiger partial charge in [-0.2, -0.15) is 5.26 Å². The molecule has 0 radical (unpaired) electrons. The number of hydrogen-bond acceptors (Lipinski definition) is 7. The lowest BCUT2D eigenvalue weighted by Crippen LogP contribution is -2.14. The topological polar surface area (TPSA) is 83.6 Å². The van der Waals surface area contributed by atoms with Crippen LogP contribution in [0.3, 0.4) is 0 Å². The maximum absolute atomic E-state index is 12.8. The Morgan fingerprint density at radius 2 is 2.12 bits per heavy atom. The molecule has 0 aliphatic heterocycles. The summed E-state index contributed by atoms with van der Waals surface area (Å²) in [5.74, 6) is 0.943. The number of carbonyl (C=O) groups is 1. The first kappa shape index (κ1) is 22.1. The zero-order chi connectivity index (χ0) is 22.8. The number of thioether (sulfide) groups is 1. The van der Waals surface area contributed by atoms with Gasteiger partial charge in [0.05, 0.1) is 11.3 Å². The van der Waals surface area contributed by atoms with E-state index in [-0.39, 0.29) is 11.7 Å². The summed E-state index contributed by atoms with van der Waals surface area (Å²) in [5.41, 5.74) is 2.86. The number of aryl methyl sites for hydroxylation is 1. The van der Waals surface area contributed by atoms with E-state index in [0.717, 1.165) is 60.8 Å². The molecule has 3 aromatic heterocycles. The molecule has 0 saturated carbocycles. The van der Waals surface area contributed by atoms with Crippen LogP contribution in [0.25, 0.3) is 21.5 Å². The Bertz CT molecular complexity index is 1360. The monoisotopic (exact) mass is 493 g/mol. The Morgan fingerprint density at radius 3 is 2.97 bits per heavy atom. The van der Waals surface area contributed by atoms with Crippen LogP contribution in [-0.4, -0.2) is 26.4 Å². The molecule has 0 spiro atoms. The average molecular weight is 494 g/mol. The Balaban J connectivity index is 1.34. The summed E-state index contributed by atoms with van der Waals surface area (Å²) in [4.78, 5) is 14.0. The molecule has 168 valence electrons. The fourth-order valence-corrected chi connectivity index (χ4v) is 7.20. The van der Waals surface area contributed by atoms with E-state index in [2.05, 4.69) is 50.6 Å². The Kier molecular flexibility index (Phi) is 6.49. The van der Waals surface area contributed by atoms with Crippen LogP contribution in [-0.2, 0) is 24.2 Å². The third-order valence-electron chi connectivity index (χ3n) is 5.75. The van der Waals surface area contributed by atoms with E-state index >= 15 is 0 Å². The fraction of sp³-hybridized carbons (Fsp3) is 0.333. The molecular weight excluding hydrogens is 470 g/mol. The molecule has 1 aliphatic rings. The average Bonchev–Trinajstić information content (AvgIpc) is 3.52. The standard InChI is InChI=1S/C24H23N5OS3/c1-2-11-29-22(18-13-31-19-9-5-3-8-16(18)19)27-28-24(29)32-14-21(30)26-23-17(12-25)15-7-4-6-10-20(15)33-23/h3,5,8-9,13H,2,4,6-7,10-11,14H2,1H3,(H,26,30). The maximum atomic E-state index is 12.8. The number of benzene rings is 1. The molecule has 1 aromatic carbocycles. The zero-order valence-corrected chi connectivity index (χ0v) is 20.7. The number of thiophene rings is 2. The van der Waals surface area contributed by atoms with Crippen LogP contribution in [0, 0.1) is 11.3 Å². The van der Waals surface area contributed by atoms with E-state index in [0.29, 0.717) is 10.6 Å². The third kappa shape index (κ3) is 4.31. The molecule has 1 amide bonds. The first-order valence-corrected chi connectivity index (χ1v) is 13.7. The Morgan fingerprint density at radius 1 is 1.27 bits per heavy atom. The number of amides is 1. The van der Waals surface area contributed by atoms with Crippen molar-refractivity contribution in [3.8, 4) is 17.5 Å². The summed E-state index contributed by atoms with van der Waals surface area (Å²) in [6.45, 7) is 2.91. The van der Waals surface area contributed by atoms with Crippen molar-refractivity contribution >= 4 is 55.4 Å². The lowest BCUT2D eigenvalue weighted by Gasteiger charge is -2.09. The molecule has 0 bridgehead atoms. The SMILES string of the molecule is CCCn1c(SCC(=O)Nc2sc3c(c2C#N)CCCC3)nnc1-c1csc2ccccc12. The Hall–Kier alpha value is -2.67. The van der Waals surface area contributed by atoms with Crippen molar-refractivity contribution in [3.05, 3.63) is 45.6 Å². The van der Waals surface area contributed by atoms with Crippen LogP contribution in [0.4, 0.5) is 5.00 Å². The van der Waals surface area contributed by atoms with Crippen molar-refractivity contribution in [3.63, 3.8) is 0 Å². The second-order valence-corrected chi connectivity index (χ2v) is 10.9. The van der Waals surface area contributed by atoms with Crippen LogP contribution >= 0.6 is 34.4 Å². The normalized spacial score (nSPS) is 13.1. The van der Waals surface area contributed by atoms with E-state index in [9.17, 15) is 10.1 Å². The van der Waals surface area contributed by atoms with Crippen LogP contribution in [0.1, 0.15) is 42.2 Å². The van der Waals surface area contributed by atoms with Gasteiger partial charge in [0.25, 0.3) is 0 Å². The Labute approximate surface area is 204 Å². The van der Waals surface area contributed by atoms with E-state index in [4.69, 9.17) is 0 Å². The van der Waals surface area contributed by atoms with Crippen molar-refractivity contribution < 1.29 is 4.79 Å². The summed E-state index contributed by atoms with van der Waals surface area (Å²) in [7, 11) is 0. The molecule has 0 fully saturated rings. The largest absolute Gasteiger partial charge is 0.316 e. The molecular formula is C24H23N5OS3. The van der Waals surface area contributed by atoms with Crippen LogP contribution < -0.4 is 5.32 Å². The second kappa shape index (κ2) is 9.67. The van der Waals surface area contributed by atoms with Crippen molar-refractivity contribution in [1.29, 1.82) is 5.26 Å². The minimum absolute atomic E-state index is 0.122. The molecule has 6 nitrogen and oxygen atoms in total. The lowest BCUT2D eigenvalue weighted by molar-refractivity contribution is -0.113. The highest BCUT2D eigenvalue weighted by atomic mass is 32.2. The maximum Gasteiger partial charge on any atom is 0.235 e. The number of rotatable bonds is 7. The molecule has 1 aliphatic carbocycles. The third-order valence-corrected chi connectivity index (χ3v) is 8.89. The summed E-state index contributed by atoms with van der Waals surface area (Å²) >= 11 is 4.65. The van der Waals surface area contributed by atoms with Crippen LogP contribution in [0.15, 0.2) is 34.8 Å². The molecule has 9 heteroatoms. The quantitative estimate of drug-likeness (QED) is 0.314. The summed E-state index contributed by atoms with van der Waals surface area (Å²) in [6.07, 6.45) is 5.13. The van der Waals surface area contributed by atoms with Gasteiger partial charge in [0, 0.05) is 32.5 Å². The van der Waals surface area contributed by atoms with E-state index < -0.39 is 0 Å². The van der Waals surface area contributed by atoms with Crippen LogP contribution in [0.2, 0.25) is 0 Å². The van der Waals surface area contributed by atoms with E-state index in [1.807, 2.05) is 12.1 Å². The van der Waals surface area contributed by atoms with Crippen molar-refractivity contribution in [2.45, 2.75) is 50.7 Å². The van der Waals surface area contributed by atoms with E-state index in [1.165, 1.54) is 26.7 Å². The number of aromatic nitrogens is 3. The van der Waals surface area contributed by atoms with Gasteiger partial charge in [-0.3, -0.25) is 4.79 Å². The molecule has 0 atom stereocenters. The van der Waals surface area contributed by atoms with Gasteiger partial charge < -0.3 is 9.88 Å². The number of nitrogens with zero attached hydrogens (tertiary/aromatic N) is 4. The number of nitriles is 1. The summed E-state index contributed by atoms with van der Waals surface area (Å²) < 4.78 is 3.33. The summed E-state index contributed by atoms with van der Waals surface area (Å²) in [6, 6.07) is 10.6.